The van der Waals surface area contributed by atoms with Crippen molar-refractivity contribution < 1.29 is 4.52 Å². The summed E-state index contributed by atoms with van der Waals surface area (Å²) in [6, 6.07) is 3.56. The number of hydrogen-bond acceptors (Lipinski definition) is 6. The SMILES string of the molecule is Nc1cc(-c2nc(CSC3CCCCC3)no2)ccn1. The van der Waals surface area contributed by atoms with Crippen LogP contribution in [0.5, 0.6) is 0 Å². The Kier molecular flexibility index (Phi) is 4.20. The van der Waals surface area contributed by atoms with Crippen molar-refractivity contribution in [3.05, 3.63) is 24.2 Å². The molecule has 0 spiro atoms. The molecule has 6 heteroatoms. The summed E-state index contributed by atoms with van der Waals surface area (Å²) in [6.07, 6.45) is 8.36. The summed E-state index contributed by atoms with van der Waals surface area (Å²) in [6.45, 7) is 0. The van der Waals surface area contributed by atoms with Gasteiger partial charge in [0.25, 0.3) is 5.89 Å². The van der Waals surface area contributed by atoms with Crippen molar-refractivity contribution in [1.29, 1.82) is 0 Å². The van der Waals surface area contributed by atoms with Gasteiger partial charge in [0.2, 0.25) is 0 Å². The van der Waals surface area contributed by atoms with Crippen molar-refractivity contribution >= 4 is 17.6 Å². The van der Waals surface area contributed by atoms with Crippen LogP contribution in [0.2, 0.25) is 0 Å². The molecular formula is C14H18N4OS. The van der Waals surface area contributed by atoms with E-state index in [1.165, 1.54) is 32.1 Å². The Bertz CT molecular complexity index is 566. The largest absolute Gasteiger partial charge is 0.384 e. The van der Waals surface area contributed by atoms with Gasteiger partial charge in [-0.05, 0) is 25.0 Å². The van der Waals surface area contributed by atoms with Gasteiger partial charge in [-0.1, -0.05) is 24.4 Å². The number of nitrogen functional groups attached to an aromatic ring is 1. The summed E-state index contributed by atoms with van der Waals surface area (Å²) in [7, 11) is 0. The number of nitrogens with zero attached hydrogens (tertiary/aromatic N) is 3. The van der Waals surface area contributed by atoms with Crippen molar-refractivity contribution in [2.45, 2.75) is 43.1 Å². The summed E-state index contributed by atoms with van der Waals surface area (Å²) < 4.78 is 5.29. The molecule has 20 heavy (non-hydrogen) atoms. The molecule has 2 aromatic heterocycles. The average molecular weight is 290 g/mol. The first-order valence-corrected chi connectivity index (χ1v) is 8.02. The third-order valence-electron chi connectivity index (χ3n) is 3.50. The molecule has 106 valence electrons. The van der Waals surface area contributed by atoms with Crippen molar-refractivity contribution in [2.75, 3.05) is 5.73 Å². The zero-order chi connectivity index (χ0) is 13.8. The van der Waals surface area contributed by atoms with Gasteiger partial charge in [-0.25, -0.2) is 4.98 Å². The highest BCUT2D eigenvalue weighted by Crippen LogP contribution is 2.30. The summed E-state index contributed by atoms with van der Waals surface area (Å²) >= 11 is 1.94. The summed E-state index contributed by atoms with van der Waals surface area (Å²) in [4.78, 5) is 8.38. The van der Waals surface area contributed by atoms with Gasteiger partial charge in [-0.15, -0.1) is 0 Å². The predicted octanol–water partition coefficient (Wildman–Crippen LogP) is 3.28. The van der Waals surface area contributed by atoms with E-state index in [1.54, 1.807) is 12.3 Å². The van der Waals surface area contributed by atoms with Crippen LogP contribution in [-0.2, 0) is 5.75 Å². The molecule has 3 rings (SSSR count). The fourth-order valence-electron chi connectivity index (χ4n) is 2.44. The first kappa shape index (κ1) is 13.4. The van der Waals surface area contributed by atoms with Crippen molar-refractivity contribution in [3.8, 4) is 11.5 Å². The third kappa shape index (κ3) is 3.30. The number of rotatable bonds is 4. The highest BCUT2D eigenvalue weighted by atomic mass is 32.2. The smallest absolute Gasteiger partial charge is 0.258 e. The molecule has 1 saturated carbocycles. The number of aromatic nitrogens is 3. The molecule has 2 heterocycles. The maximum Gasteiger partial charge on any atom is 0.258 e. The maximum absolute atomic E-state index is 5.65. The fraction of sp³-hybridized carbons (Fsp3) is 0.500. The van der Waals surface area contributed by atoms with E-state index in [0.29, 0.717) is 11.7 Å². The minimum Gasteiger partial charge on any atom is -0.384 e. The van der Waals surface area contributed by atoms with Crippen molar-refractivity contribution in [1.82, 2.24) is 15.1 Å². The van der Waals surface area contributed by atoms with Crippen LogP contribution in [0.15, 0.2) is 22.9 Å². The first-order chi connectivity index (χ1) is 9.81. The van der Waals surface area contributed by atoms with Gasteiger partial charge in [-0.3, -0.25) is 0 Å². The highest BCUT2D eigenvalue weighted by molar-refractivity contribution is 7.99. The number of hydrogen-bond donors (Lipinski definition) is 1. The van der Waals surface area contributed by atoms with Crippen LogP contribution in [0.1, 0.15) is 37.9 Å². The summed E-state index contributed by atoms with van der Waals surface area (Å²) in [5.41, 5.74) is 6.47. The fourth-order valence-corrected chi connectivity index (χ4v) is 3.60. The molecule has 1 fully saturated rings. The second-order valence-electron chi connectivity index (χ2n) is 5.06. The third-order valence-corrected chi connectivity index (χ3v) is 4.86. The highest BCUT2D eigenvalue weighted by Gasteiger charge is 2.16. The number of nitrogens with two attached hydrogens (primary N) is 1. The Morgan fingerprint density at radius 2 is 2.15 bits per heavy atom. The Labute approximate surface area is 122 Å². The lowest BCUT2D eigenvalue weighted by atomic mass is 10.0. The molecule has 0 bridgehead atoms. The predicted molar refractivity (Wildman–Crippen MR) is 80.1 cm³/mol. The lowest BCUT2D eigenvalue weighted by Gasteiger charge is -2.19. The van der Waals surface area contributed by atoms with E-state index in [9.17, 15) is 0 Å². The summed E-state index contributed by atoms with van der Waals surface area (Å²) in [5.74, 6) is 2.54. The maximum atomic E-state index is 5.65. The molecule has 5 nitrogen and oxygen atoms in total. The van der Waals surface area contributed by atoms with Crippen LogP contribution in [0.3, 0.4) is 0 Å². The van der Waals surface area contributed by atoms with Crippen molar-refractivity contribution in [2.24, 2.45) is 0 Å². The zero-order valence-electron chi connectivity index (χ0n) is 11.3. The lowest BCUT2D eigenvalue weighted by molar-refractivity contribution is 0.425. The molecule has 0 amide bonds. The molecule has 1 aliphatic rings. The second kappa shape index (κ2) is 6.26. The van der Waals surface area contributed by atoms with E-state index >= 15 is 0 Å². The molecular weight excluding hydrogens is 272 g/mol. The summed E-state index contributed by atoms with van der Waals surface area (Å²) in [5, 5.41) is 4.79. The standard InChI is InChI=1S/C14H18N4OS/c15-12-8-10(6-7-16-12)14-17-13(18-19-14)9-20-11-4-2-1-3-5-11/h6-8,11H,1-5,9H2,(H2,15,16). The molecule has 0 atom stereocenters. The van der Waals surface area contributed by atoms with Crippen LogP contribution < -0.4 is 5.73 Å². The van der Waals surface area contributed by atoms with Gasteiger partial charge in [0.15, 0.2) is 5.82 Å². The van der Waals surface area contributed by atoms with Crippen LogP contribution in [0, 0.1) is 0 Å². The number of anilines is 1. The van der Waals surface area contributed by atoms with Crippen LogP contribution >= 0.6 is 11.8 Å². The van der Waals surface area contributed by atoms with E-state index in [0.717, 1.165) is 22.4 Å². The zero-order valence-corrected chi connectivity index (χ0v) is 12.1. The van der Waals surface area contributed by atoms with E-state index in [4.69, 9.17) is 10.3 Å². The monoisotopic (exact) mass is 290 g/mol. The Balaban J connectivity index is 1.61. The Morgan fingerprint density at radius 3 is 2.95 bits per heavy atom. The Morgan fingerprint density at radius 1 is 1.30 bits per heavy atom. The number of pyridine rings is 1. The topological polar surface area (TPSA) is 77.8 Å². The minimum atomic E-state index is 0.457. The van der Waals surface area contributed by atoms with Gasteiger partial charge >= 0.3 is 0 Å². The molecule has 0 unspecified atom stereocenters. The first-order valence-electron chi connectivity index (χ1n) is 6.97. The van der Waals surface area contributed by atoms with Gasteiger partial charge in [-0.2, -0.15) is 16.7 Å². The molecule has 2 aromatic rings. The molecule has 0 radical (unpaired) electrons. The van der Waals surface area contributed by atoms with Gasteiger partial charge in [0, 0.05) is 17.0 Å². The molecule has 0 aliphatic heterocycles. The van der Waals surface area contributed by atoms with Gasteiger partial charge in [0.05, 0.1) is 5.75 Å². The van der Waals surface area contributed by atoms with Gasteiger partial charge < -0.3 is 10.3 Å². The van der Waals surface area contributed by atoms with E-state index in [2.05, 4.69) is 15.1 Å². The van der Waals surface area contributed by atoms with Crippen molar-refractivity contribution in [3.63, 3.8) is 0 Å². The number of thioether (sulfide) groups is 1. The van der Waals surface area contributed by atoms with Gasteiger partial charge in [0.1, 0.15) is 5.82 Å². The normalized spacial score (nSPS) is 16.4. The average Bonchev–Trinajstić information content (AvgIpc) is 2.95. The van der Waals surface area contributed by atoms with Crippen LogP contribution in [0.25, 0.3) is 11.5 Å². The van der Waals surface area contributed by atoms with E-state index in [1.807, 2.05) is 17.8 Å². The minimum absolute atomic E-state index is 0.457. The molecule has 0 aromatic carbocycles. The second-order valence-corrected chi connectivity index (χ2v) is 6.34. The van der Waals surface area contributed by atoms with E-state index in [-0.39, 0.29) is 0 Å². The van der Waals surface area contributed by atoms with Crippen LogP contribution in [0.4, 0.5) is 5.82 Å². The Hall–Kier alpha value is -1.56. The quantitative estimate of drug-likeness (QED) is 0.931. The van der Waals surface area contributed by atoms with E-state index < -0.39 is 0 Å². The lowest BCUT2D eigenvalue weighted by Crippen LogP contribution is -2.08. The molecule has 1 aliphatic carbocycles. The van der Waals surface area contributed by atoms with Crippen LogP contribution in [-0.4, -0.2) is 20.4 Å². The molecule has 2 N–H and O–H groups in total. The molecule has 0 saturated heterocycles.